The number of benzene rings is 1. The van der Waals surface area contributed by atoms with E-state index >= 15 is 0 Å². The van der Waals surface area contributed by atoms with Crippen LogP contribution in [0.1, 0.15) is 52.0 Å². The van der Waals surface area contributed by atoms with Crippen LogP contribution in [0.2, 0.25) is 0 Å². The van der Waals surface area contributed by atoms with Gasteiger partial charge in [-0.15, -0.1) is 4.72 Å². The quantitative estimate of drug-likeness (QED) is 0.740. The molecule has 1 unspecified atom stereocenters. The Morgan fingerprint density at radius 1 is 1.29 bits per heavy atom. The lowest BCUT2D eigenvalue weighted by Crippen LogP contribution is -2.65. The van der Waals surface area contributed by atoms with E-state index in [1.54, 1.807) is 25.7 Å². The second kappa shape index (κ2) is 8.16. The molecule has 0 saturated carbocycles. The maximum absolute atomic E-state index is 14.1. The van der Waals surface area contributed by atoms with Crippen LogP contribution in [-0.4, -0.2) is 44.3 Å². The van der Waals surface area contributed by atoms with Crippen LogP contribution in [0, 0.1) is 0 Å². The first-order valence-electron chi connectivity index (χ1n) is 9.59. The Morgan fingerprint density at radius 3 is 2.36 bits per heavy atom. The van der Waals surface area contributed by atoms with E-state index in [2.05, 4.69) is 4.72 Å². The first kappa shape index (κ1) is 21.3. The number of amides is 1. The summed E-state index contributed by atoms with van der Waals surface area (Å²) in [5.74, 6) is 0. The highest BCUT2D eigenvalue weighted by atomic mass is 32.2. The number of hydrogen-bond acceptors (Lipinski definition) is 4. The molecule has 2 fully saturated rings. The van der Waals surface area contributed by atoms with E-state index in [0.29, 0.717) is 12.8 Å². The lowest BCUT2D eigenvalue weighted by atomic mass is 9.84. The van der Waals surface area contributed by atoms with Gasteiger partial charge in [-0.2, -0.15) is 0 Å². The van der Waals surface area contributed by atoms with Gasteiger partial charge in [-0.3, -0.25) is 0 Å². The Hall–Kier alpha value is -1.38. The molecule has 1 amide bonds. The zero-order valence-corrected chi connectivity index (χ0v) is 17.3. The molecule has 1 N–H and O–H groups in total. The summed E-state index contributed by atoms with van der Waals surface area (Å²) >= 11 is -1.61. The molecule has 2 heterocycles. The number of hydrogen-bond donors (Lipinski definition) is 1. The van der Waals surface area contributed by atoms with Gasteiger partial charge in [-0.25, -0.2) is 13.6 Å². The van der Waals surface area contributed by atoms with Crippen LogP contribution in [0.4, 0.5) is 13.6 Å². The van der Waals surface area contributed by atoms with Crippen molar-refractivity contribution in [2.24, 2.45) is 0 Å². The van der Waals surface area contributed by atoms with Crippen LogP contribution in [0.25, 0.3) is 0 Å². The van der Waals surface area contributed by atoms with Gasteiger partial charge in [0.25, 0.3) is 6.43 Å². The van der Waals surface area contributed by atoms with Gasteiger partial charge in [0.05, 0.1) is 0 Å². The van der Waals surface area contributed by atoms with Crippen molar-refractivity contribution in [3.8, 4) is 0 Å². The molecule has 28 heavy (non-hydrogen) atoms. The topological polar surface area (TPSA) is 64.6 Å². The van der Waals surface area contributed by atoms with E-state index in [-0.39, 0.29) is 31.5 Å². The Kier molecular flexibility index (Phi) is 6.22. The smallest absolute Gasteiger partial charge is 0.410 e. The van der Waals surface area contributed by atoms with Gasteiger partial charge in [-0.05, 0) is 52.0 Å². The van der Waals surface area contributed by atoms with Crippen molar-refractivity contribution >= 4 is 17.5 Å². The van der Waals surface area contributed by atoms with Gasteiger partial charge in [0.2, 0.25) is 0 Å². The molecule has 8 heteroatoms. The number of nitrogens with one attached hydrogen (secondary N) is 1. The molecule has 1 aromatic rings. The molecule has 156 valence electrons. The van der Waals surface area contributed by atoms with E-state index in [1.165, 1.54) is 0 Å². The zero-order valence-electron chi connectivity index (χ0n) is 16.5. The average Bonchev–Trinajstić information content (AvgIpc) is 2.91. The summed E-state index contributed by atoms with van der Waals surface area (Å²) in [6.07, 6.45) is -1.67. The molecule has 3 rings (SSSR count). The maximum atomic E-state index is 14.1. The third-order valence-electron chi connectivity index (χ3n) is 5.51. The summed E-state index contributed by atoms with van der Waals surface area (Å²) in [6.45, 7) is 5.40. The molecule has 0 radical (unpaired) electrons. The van der Waals surface area contributed by atoms with Crippen molar-refractivity contribution < 1.29 is 22.9 Å². The summed E-state index contributed by atoms with van der Waals surface area (Å²) in [6, 6.07) is 8.68. The fourth-order valence-electron chi connectivity index (χ4n) is 4.02. The van der Waals surface area contributed by atoms with Crippen LogP contribution < -0.4 is 4.72 Å². The van der Waals surface area contributed by atoms with Crippen molar-refractivity contribution in [3.63, 3.8) is 0 Å². The van der Waals surface area contributed by atoms with Crippen LogP contribution in [0.15, 0.2) is 30.3 Å². The van der Waals surface area contributed by atoms with Gasteiger partial charge in [0, 0.05) is 23.4 Å². The number of halogens is 2. The van der Waals surface area contributed by atoms with Gasteiger partial charge in [-0.1, -0.05) is 30.3 Å². The fraction of sp³-hybridized carbons (Fsp3) is 0.650. The maximum Gasteiger partial charge on any atom is 0.410 e. The normalized spacial score (nSPS) is 28.5. The largest absolute Gasteiger partial charge is 0.598 e. The zero-order chi connectivity index (χ0) is 20.5. The van der Waals surface area contributed by atoms with Crippen LogP contribution in [0.3, 0.4) is 0 Å². The predicted octanol–water partition coefficient (Wildman–Crippen LogP) is 4.01. The third kappa shape index (κ3) is 4.44. The van der Waals surface area contributed by atoms with Crippen molar-refractivity contribution in [2.75, 3.05) is 0 Å². The molecular formula is C20H28F2N2O3S. The summed E-state index contributed by atoms with van der Waals surface area (Å²) in [5, 5.41) is 0. The Balaban J connectivity index is 1.68. The van der Waals surface area contributed by atoms with E-state index in [0.717, 1.165) is 5.56 Å². The Morgan fingerprint density at radius 2 is 1.86 bits per heavy atom. The van der Waals surface area contributed by atoms with Crippen molar-refractivity contribution in [3.05, 3.63) is 35.9 Å². The summed E-state index contributed by atoms with van der Waals surface area (Å²) in [7, 11) is 0. The molecule has 4 atom stereocenters. The van der Waals surface area contributed by atoms with Gasteiger partial charge in [0.1, 0.15) is 16.9 Å². The molecule has 0 aliphatic carbocycles. The highest BCUT2D eigenvalue weighted by Crippen LogP contribution is 2.44. The Bertz CT molecular complexity index is 670. The first-order valence-corrected chi connectivity index (χ1v) is 10.7. The van der Waals surface area contributed by atoms with Crippen LogP contribution in [0.5, 0.6) is 0 Å². The standard InChI is InChI=1S/C20H28F2N2O3S/c1-19(2,3)28(26)23-20(17(21)22)11-15-9-10-16(12-20)24(15)18(25)27-13-14-7-5-4-6-8-14/h4-8,15-17,23H,9-13H2,1-3H3/t15-,16+,20+,28?. The number of alkyl halides is 2. The van der Waals surface area contributed by atoms with Crippen molar-refractivity contribution in [1.29, 1.82) is 0 Å². The molecule has 0 aromatic heterocycles. The molecule has 2 aliphatic heterocycles. The van der Waals surface area contributed by atoms with E-state index in [4.69, 9.17) is 4.74 Å². The number of carbonyl (C=O) groups is 1. The minimum atomic E-state index is -2.66. The molecule has 5 nitrogen and oxygen atoms in total. The lowest BCUT2D eigenvalue weighted by molar-refractivity contribution is -0.0243. The molecule has 2 saturated heterocycles. The number of fused-ring (bicyclic) bond motifs is 2. The number of rotatable bonds is 5. The summed E-state index contributed by atoms with van der Waals surface area (Å²) in [4.78, 5) is 14.2. The molecular weight excluding hydrogens is 386 g/mol. The molecule has 2 bridgehead atoms. The van der Waals surface area contributed by atoms with Crippen LogP contribution in [-0.2, 0) is 22.7 Å². The minimum Gasteiger partial charge on any atom is -0.598 e. The number of ether oxygens (including phenoxy) is 1. The monoisotopic (exact) mass is 414 g/mol. The minimum absolute atomic E-state index is 0.0728. The van der Waals surface area contributed by atoms with Crippen molar-refractivity contribution in [2.45, 2.75) is 81.9 Å². The van der Waals surface area contributed by atoms with E-state index in [9.17, 15) is 18.1 Å². The molecule has 1 aromatic carbocycles. The SMILES string of the molecule is CC(C)(C)[S+]([O-])N[C@@]1(C(F)F)C[C@H]2CC[C@@H](C1)N2C(=O)OCc1ccccc1. The summed E-state index contributed by atoms with van der Waals surface area (Å²) < 4.78 is 48.2. The fourth-order valence-corrected chi connectivity index (χ4v) is 4.95. The number of carbonyl (C=O) groups excluding carboxylic acids is 1. The van der Waals surface area contributed by atoms with Gasteiger partial charge >= 0.3 is 6.09 Å². The average molecular weight is 415 g/mol. The van der Waals surface area contributed by atoms with E-state index < -0.39 is 34.2 Å². The number of nitrogens with zero attached hydrogens (tertiary/aromatic N) is 1. The summed E-state index contributed by atoms with van der Waals surface area (Å²) in [5.41, 5.74) is -0.662. The molecule has 0 spiro atoms. The highest BCUT2D eigenvalue weighted by Gasteiger charge is 2.57. The van der Waals surface area contributed by atoms with Gasteiger partial charge < -0.3 is 14.2 Å². The number of piperidine rings is 1. The van der Waals surface area contributed by atoms with Gasteiger partial charge in [0.15, 0.2) is 0 Å². The third-order valence-corrected chi connectivity index (χ3v) is 7.21. The Labute approximate surface area is 168 Å². The second-order valence-corrected chi connectivity index (χ2v) is 10.6. The van der Waals surface area contributed by atoms with E-state index in [1.807, 2.05) is 30.3 Å². The highest BCUT2D eigenvalue weighted by molar-refractivity contribution is 7.90. The lowest BCUT2D eigenvalue weighted by Gasteiger charge is -2.46. The molecule has 2 aliphatic rings. The van der Waals surface area contributed by atoms with Crippen LogP contribution >= 0.6 is 0 Å². The first-order chi connectivity index (χ1) is 13.1. The second-order valence-electron chi connectivity index (χ2n) is 8.68. The van der Waals surface area contributed by atoms with Crippen molar-refractivity contribution in [1.82, 2.24) is 9.62 Å². The predicted molar refractivity (Wildman–Crippen MR) is 104 cm³/mol.